The maximum absolute atomic E-state index is 13.8. The van der Waals surface area contributed by atoms with Crippen molar-refractivity contribution in [2.45, 2.75) is 6.42 Å². The number of aromatic amines is 1. The first-order valence-corrected chi connectivity index (χ1v) is 8.20. The van der Waals surface area contributed by atoms with Gasteiger partial charge in [-0.1, -0.05) is 0 Å². The van der Waals surface area contributed by atoms with E-state index in [1.807, 2.05) is 0 Å². The number of halogens is 7. The minimum absolute atomic E-state index is 0.131. The molecule has 0 saturated heterocycles. The molecule has 0 atom stereocenters. The van der Waals surface area contributed by atoms with Gasteiger partial charge in [-0.3, -0.25) is 4.79 Å². The van der Waals surface area contributed by atoms with Gasteiger partial charge in [0.1, 0.15) is 0 Å². The average Bonchev–Trinajstić information content (AvgIpc) is 2.95. The van der Waals surface area contributed by atoms with Gasteiger partial charge in [-0.05, 0) is 22.0 Å². The molecule has 2 aromatic carbocycles. The Labute approximate surface area is 161 Å². The van der Waals surface area contributed by atoms with Crippen molar-refractivity contribution in [3.8, 4) is 11.5 Å². The molecular weight excluding hydrogens is 460 g/mol. The Morgan fingerprint density at radius 2 is 1.57 bits per heavy atom. The third-order valence-electron chi connectivity index (χ3n) is 3.83. The van der Waals surface area contributed by atoms with Crippen molar-refractivity contribution >= 4 is 32.8 Å². The molecule has 0 aliphatic carbocycles. The van der Waals surface area contributed by atoms with Gasteiger partial charge in [0.25, 0.3) is 0 Å². The first-order chi connectivity index (χ1) is 13.1. The lowest BCUT2D eigenvalue weighted by molar-refractivity contribution is -0.134. The molecule has 0 aliphatic heterocycles. The molecule has 0 radical (unpaired) electrons. The van der Waals surface area contributed by atoms with E-state index in [2.05, 4.69) is 25.7 Å². The number of aromatic nitrogens is 1. The summed E-state index contributed by atoms with van der Waals surface area (Å²) in [5, 5.41) is 0.319. The molecule has 28 heavy (non-hydrogen) atoms. The molecule has 0 fully saturated rings. The lowest BCUT2D eigenvalue weighted by Gasteiger charge is -2.09. The van der Waals surface area contributed by atoms with Gasteiger partial charge in [0.2, 0.25) is 34.8 Å². The summed E-state index contributed by atoms with van der Waals surface area (Å²) in [4.78, 5) is 14.8. The summed E-state index contributed by atoms with van der Waals surface area (Å²) in [6, 6.07) is 2.37. The zero-order chi connectivity index (χ0) is 20.7. The van der Waals surface area contributed by atoms with Crippen LogP contribution in [0.3, 0.4) is 0 Å². The Morgan fingerprint density at radius 1 is 1.00 bits per heavy atom. The van der Waals surface area contributed by atoms with E-state index >= 15 is 0 Å². The number of nitrogens with one attached hydrogen (secondary N) is 1. The van der Waals surface area contributed by atoms with Gasteiger partial charge in [0.05, 0.1) is 18.1 Å². The summed E-state index contributed by atoms with van der Waals surface area (Å²) in [5.74, 6) is -15.2. The maximum atomic E-state index is 13.8. The van der Waals surface area contributed by atoms with E-state index in [9.17, 15) is 31.1 Å². The molecule has 1 aromatic heterocycles. The Morgan fingerprint density at radius 3 is 2.14 bits per heavy atom. The van der Waals surface area contributed by atoms with Gasteiger partial charge in [-0.2, -0.15) is 8.78 Å². The van der Waals surface area contributed by atoms with Crippen LogP contribution in [0.2, 0.25) is 0 Å². The van der Waals surface area contributed by atoms with Gasteiger partial charge in [0.15, 0.2) is 11.6 Å². The highest BCUT2D eigenvalue weighted by Crippen LogP contribution is 2.33. The molecule has 0 bridgehead atoms. The number of rotatable bonds is 4. The van der Waals surface area contributed by atoms with Gasteiger partial charge in [-0.15, -0.1) is 0 Å². The van der Waals surface area contributed by atoms with Crippen LogP contribution < -0.4 is 9.47 Å². The van der Waals surface area contributed by atoms with E-state index in [0.717, 1.165) is 6.07 Å². The largest absolute Gasteiger partial charge is 0.494 e. The Kier molecular flexibility index (Phi) is 5.28. The average molecular weight is 468 g/mol. The number of hydrogen-bond acceptors (Lipinski definition) is 3. The summed E-state index contributed by atoms with van der Waals surface area (Å²) >= 11 is 3.11. The van der Waals surface area contributed by atoms with Gasteiger partial charge >= 0.3 is 5.97 Å². The Balaban J connectivity index is 1.96. The fourth-order valence-electron chi connectivity index (χ4n) is 2.52. The molecule has 0 aliphatic rings. The Hall–Kier alpha value is -2.69. The van der Waals surface area contributed by atoms with Gasteiger partial charge in [0, 0.05) is 22.5 Å². The van der Waals surface area contributed by atoms with Crippen LogP contribution >= 0.6 is 15.9 Å². The highest BCUT2D eigenvalue weighted by Gasteiger charge is 2.29. The van der Waals surface area contributed by atoms with Crippen molar-refractivity contribution in [2.75, 3.05) is 7.11 Å². The molecular formula is C17H8BrF6NO3. The molecule has 11 heteroatoms. The summed E-state index contributed by atoms with van der Waals surface area (Å²) < 4.78 is 90.0. The number of benzene rings is 2. The molecule has 0 amide bonds. The molecule has 0 spiro atoms. The molecule has 4 nitrogen and oxygen atoms in total. The number of carbonyl (C=O) groups excluding carboxylic acids is 1. The van der Waals surface area contributed by atoms with Crippen LogP contribution in [0.15, 0.2) is 16.7 Å². The lowest BCUT2D eigenvalue weighted by Crippen LogP contribution is -2.15. The zero-order valence-electron chi connectivity index (χ0n) is 13.7. The number of methoxy groups -OCH3 is 1. The normalized spacial score (nSPS) is 11.1. The van der Waals surface area contributed by atoms with Gasteiger partial charge in [-0.25, -0.2) is 17.6 Å². The van der Waals surface area contributed by atoms with Crippen LogP contribution in [0.25, 0.3) is 10.9 Å². The quantitative estimate of drug-likeness (QED) is 0.195. The molecule has 1 heterocycles. The third kappa shape index (κ3) is 3.30. The number of H-pyrrole nitrogens is 1. The fraction of sp³-hybridized carbons (Fsp3) is 0.118. The zero-order valence-corrected chi connectivity index (χ0v) is 15.3. The second-order valence-electron chi connectivity index (χ2n) is 5.50. The van der Waals surface area contributed by atoms with Crippen LogP contribution in [0.4, 0.5) is 26.3 Å². The standard InChI is InChI=1S/C17H8BrF6NO3/c1-27-9-2-5-6(17(18)25-8(5)4-7(9)19)3-10(26)28-16-14(23)12(21)11(20)13(22)15(16)24/h2,4,25H,3H2,1H3. The molecule has 148 valence electrons. The summed E-state index contributed by atoms with van der Waals surface area (Å²) in [7, 11) is 1.23. The fourth-order valence-corrected chi connectivity index (χ4v) is 3.08. The molecule has 1 N–H and O–H groups in total. The third-order valence-corrected chi connectivity index (χ3v) is 4.51. The Bertz CT molecular complexity index is 1090. The monoisotopic (exact) mass is 467 g/mol. The van der Waals surface area contributed by atoms with E-state index in [4.69, 9.17) is 4.74 Å². The second-order valence-corrected chi connectivity index (χ2v) is 6.29. The first kappa shape index (κ1) is 20.1. The minimum atomic E-state index is -2.37. The molecule has 0 saturated carbocycles. The van der Waals surface area contributed by atoms with Crippen molar-refractivity contribution in [3.63, 3.8) is 0 Å². The maximum Gasteiger partial charge on any atom is 0.315 e. The molecule has 0 unspecified atom stereocenters. The van der Waals surface area contributed by atoms with Crippen LogP contribution in [0, 0.1) is 34.9 Å². The van der Waals surface area contributed by atoms with Crippen LogP contribution in [0.1, 0.15) is 5.56 Å². The first-order valence-electron chi connectivity index (χ1n) is 7.41. The SMILES string of the molecule is COc1cc2c(CC(=O)Oc3c(F)c(F)c(F)c(F)c3F)c(Br)[nH]c2cc1F. The van der Waals surface area contributed by atoms with Gasteiger partial charge < -0.3 is 14.5 Å². The van der Waals surface area contributed by atoms with Crippen molar-refractivity contribution in [2.24, 2.45) is 0 Å². The smallest absolute Gasteiger partial charge is 0.315 e. The molecule has 3 rings (SSSR count). The summed E-state index contributed by atoms with van der Waals surface area (Å²) in [5.41, 5.74) is 0.464. The van der Waals surface area contributed by atoms with Crippen molar-refractivity contribution in [1.29, 1.82) is 0 Å². The predicted octanol–water partition coefficient (Wildman–Crippen LogP) is 4.92. The molecule has 3 aromatic rings. The van der Waals surface area contributed by atoms with E-state index in [-0.39, 0.29) is 21.4 Å². The highest BCUT2D eigenvalue weighted by atomic mass is 79.9. The van der Waals surface area contributed by atoms with E-state index in [1.54, 1.807) is 0 Å². The number of esters is 1. The number of hydrogen-bond donors (Lipinski definition) is 1. The number of ether oxygens (including phenoxy) is 2. The van der Waals surface area contributed by atoms with Crippen molar-refractivity contribution in [3.05, 3.63) is 57.2 Å². The minimum Gasteiger partial charge on any atom is -0.494 e. The number of fused-ring (bicyclic) bond motifs is 1. The lowest BCUT2D eigenvalue weighted by atomic mass is 10.1. The van der Waals surface area contributed by atoms with E-state index in [1.165, 1.54) is 13.2 Å². The summed E-state index contributed by atoms with van der Waals surface area (Å²) in [6.45, 7) is 0. The highest BCUT2D eigenvalue weighted by molar-refractivity contribution is 9.10. The van der Waals surface area contributed by atoms with E-state index < -0.39 is 53.0 Å². The number of carbonyl (C=O) groups is 1. The van der Waals surface area contributed by atoms with Crippen molar-refractivity contribution in [1.82, 2.24) is 4.98 Å². The van der Waals surface area contributed by atoms with E-state index in [0.29, 0.717) is 5.39 Å². The van der Waals surface area contributed by atoms with Crippen molar-refractivity contribution < 1.29 is 40.6 Å². The summed E-state index contributed by atoms with van der Waals surface area (Å²) in [6.07, 6.45) is -0.630. The predicted molar refractivity (Wildman–Crippen MR) is 88.1 cm³/mol. The van der Waals surface area contributed by atoms with Crippen LogP contribution in [0.5, 0.6) is 11.5 Å². The second kappa shape index (κ2) is 7.38. The van der Waals surface area contributed by atoms with Crippen LogP contribution in [-0.2, 0) is 11.2 Å². The topological polar surface area (TPSA) is 51.3 Å². The van der Waals surface area contributed by atoms with Crippen LogP contribution in [-0.4, -0.2) is 18.1 Å².